The van der Waals surface area contributed by atoms with Gasteiger partial charge in [-0.05, 0) is 28.9 Å². The van der Waals surface area contributed by atoms with Crippen molar-refractivity contribution < 1.29 is 4.74 Å². The quantitative estimate of drug-likeness (QED) is 0.772. The molecule has 0 bridgehead atoms. The molecule has 1 unspecified atom stereocenters. The monoisotopic (exact) mass is 286 g/mol. The minimum Gasteiger partial charge on any atom is -0.489 e. The third-order valence-corrected chi connectivity index (χ3v) is 3.00. The highest BCUT2D eigenvalue weighted by atomic mass is 35.5. The van der Waals surface area contributed by atoms with Crippen molar-refractivity contribution >= 4 is 11.6 Å². The third kappa shape index (κ3) is 3.34. The smallest absolute Gasteiger partial charge is 0.203 e. The van der Waals surface area contributed by atoms with Gasteiger partial charge in [0, 0.05) is 10.6 Å². The fourth-order valence-corrected chi connectivity index (χ4v) is 1.98. The maximum absolute atomic E-state index is 10.7. The van der Waals surface area contributed by atoms with Crippen LogP contribution in [0.5, 0.6) is 5.75 Å². The summed E-state index contributed by atoms with van der Waals surface area (Å²) in [4.78, 5) is 10.7. The van der Waals surface area contributed by atoms with Crippen LogP contribution in [0.4, 0.5) is 0 Å². The van der Waals surface area contributed by atoms with Crippen molar-refractivity contribution in [1.82, 2.24) is 0 Å². The molecule has 0 aliphatic rings. The zero-order chi connectivity index (χ0) is 14.4. The molecule has 0 N–H and O–H groups in total. The summed E-state index contributed by atoms with van der Waals surface area (Å²) in [6.07, 6.45) is 0. The van der Waals surface area contributed by atoms with Crippen LogP contribution in [0.1, 0.15) is 17.2 Å². The number of hydrogen-bond acceptors (Lipinski definition) is 4. The van der Waals surface area contributed by atoms with Crippen LogP contribution in [0.3, 0.4) is 0 Å². The van der Waals surface area contributed by atoms with Gasteiger partial charge >= 0.3 is 0 Å². The number of nitriles is 1. The number of nitrogens with zero attached hydrogens (tertiary/aromatic N) is 2. The summed E-state index contributed by atoms with van der Waals surface area (Å²) in [5.41, 5.74) is 1.31. The Morgan fingerprint density at radius 2 is 2.05 bits per heavy atom. The first-order valence-electron chi connectivity index (χ1n) is 5.93. The topological polar surface area (TPSA) is 62.5 Å². The summed E-state index contributed by atoms with van der Waals surface area (Å²) in [6, 6.07) is 14.9. The van der Waals surface area contributed by atoms with Crippen molar-refractivity contribution in [3.63, 3.8) is 0 Å². The van der Waals surface area contributed by atoms with E-state index in [2.05, 4.69) is 5.18 Å². The van der Waals surface area contributed by atoms with Crippen LogP contribution in [0.25, 0.3) is 0 Å². The maximum Gasteiger partial charge on any atom is 0.203 e. The average molecular weight is 287 g/mol. The highest BCUT2D eigenvalue weighted by Crippen LogP contribution is 2.23. The summed E-state index contributed by atoms with van der Waals surface area (Å²) in [7, 11) is 0. The zero-order valence-corrected chi connectivity index (χ0v) is 11.2. The van der Waals surface area contributed by atoms with Crippen LogP contribution in [0, 0.1) is 16.2 Å². The lowest BCUT2D eigenvalue weighted by atomic mass is 10.0. The molecular weight excluding hydrogens is 276 g/mol. The first-order valence-corrected chi connectivity index (χ1v) is 6.30. The van der Waals surface area contributed by atoms with Gasteiger partial charge < -0.3 is 4.74 Å². The van der Waals surface area contributed by atoms with E-state index in [-0.39, 0.29) is 6.61 Å². The second-order valence-corrected chi connectivity index (χ2v) is 4.52. The van der Waals surface area contributed by atoms with E-state index in [0.717, 1.165) is 5.56 Å². The molecule has 2 rings (SSSR count). The molecule has 0 saturated carbocycles. The minimum absolute atomic E-state index is 0.240. The average Bonchev–Trinajstić information content (AvgIpc) is 2.48. The molecule has 5 heteroatoms. The highest BCUT2D eigenvalue weighted by Gasteiger charge is 2.14. The molecule has 100 valence electrons. The van der Waals surface area contributed by atoms with Crippen LogP contribution in [-0.4, -0.2) is 0 Å². The minimum atomic E-state index is -1.02. The van der Waals surface area contributed by atoms with Crippen LogP contribution >= 0.6 is 11.6 Å². The summed E-state index contributed by atoms with van der Waals surface area (Å²) in [6.45, 7) is 0.240. The molecular formula is C15H11ClN2O2. The molecule has 20 heavy (non-hydrogen) atoms. The molecule has 0 heterocycles. The maximum atomic E-state index is 10.7. The van der Waals surface area contributed by atoms with Gasteiger partial charge in [0.1, 0.15) is 12.4 Å². The van der Waals surface area contributed by atoms with Crippen LogP contribution in [0.15, 0.2) is 53.7 Å². The molecule has 0 spiro atoms. The molecule has 4 nitrogen and oxygen atoms in total. The van der Waals surface area contributed by atoms with Crippen molar-refractivity contribution in [2.24, 2.45) is 5.18 Å². The Balaban J connectivity index is 2.18. The van der Waals surface area contributed by atoms with E-state index >= 15 is 0 Å². The van der Waals surface area contributed by atoms with Gasteiger partial charge in [0.05, 0.1) is 6.07 Å². The lowest BCUT2D eigenvalue weighted by Gasteiger charge is -2.11. The van der Waals surface area contributed by atoms with Crippen LogP contribution in [-0.2, 0) is 6.61 Å². The lowest BCUT2D eigenvalue weighted by molar-refractivity contribution is 0.304. The highest BCUT2D eigenvalue weighted by molar-refractivity contribution is 6.30. The Labute approximate surface area is 121 Å². The largest absolute Gasteiger partial charge is 0.489 e. The standard InChI is InChI=1S/C15H11ClN2O2/c16-12-5-3-6-13(8-12)20-10-11-4-1-2-7-14(11)15(9-17)18-19/h1-8,15H,10H2. The Kier molecular flexibility index (Phi) is 4.70. The molecule has 0 aromatic heterocycles. The van der Waals surface area contributed by atoms with Crippen molar-refractivity contribution in [2.45, 2.75) is 12.6 Å². The van der Waals surface area contributed by atoms with Gasteiger partial charge in [-0.3, -0.25) is 0 Å². The normalized spacial score (nSPS) is 11.4. The number of rotatable bonds is 5. The van der Waals surface area contributed by atoms with Gasteiger partial charge in [0.25, 0.3) is 0 Å². The van der Waals surface area contributed by atoms with Crippen LogP contribution in [0.2, 0.25) is 5.02 Å². The van der Waals surface area contributed by atoms with Gasteiger partial charge in [-0.15, -0.1) is 4.91 Å². The summed E-state index contributed by atoms with van der Waals surface area (Å²) in [5, 5.41) is 12.3. The van der Waals surface area contributed by atoms with Crippen molar-refractivity contribution in [3.05, 3.63) is 69.6 Å². The van der Waals surface area contributed by atoms with Gasteiger partial charge in [-0.2, -0.15) is 5.26 Å². The van der Waals surface area contributed by atoms with Crippen molar-refractivity contribution in [1.29, 1.82) is 5.26 Å². The molecule has 0 fully saturated rings. The van der Waals surface area contributed by atoms with E-state index in [0.29, 0.717) is 16.3 Å². The predicted molar refractivity (Wildman–Crippen MR) is 76.4 cm³/mol. The number of hydrogen-bond donors (Lipinski definition) is 0. The lowest BCUT2D eigenvalue weighted by Crippen LogP contribution is -2.02. The molecule has 0 radical (unpaired) electrons. The molecule has 1 atom stereocenters. The number of nitroso groups, excluding NO2 is 1. The van der Waals surface area contributed by atoms with Crippen molar-refractivity contribution in [3.8, 4) is 11.8 Å². The Bertz CT molecular complexity index is 652. The van der Waals surface area contributed by atoms with E-state index in [1.54, 1.807) is 42.5 Å². The zero-order valence-electron chi connectivity index (χ0n) is 10.5. The molecule has 0 saturated heterocycles. The van der Waals surface area contributed by atoms with Crippen molar-refractivity contribution in [2.75, 3.05) is 0 Å². The van der Waals surface area contributed by atoms with Gasteiger partial charge in [-0.25, -0.2) is 0 Å². The molecule has 2 aromatic carbocycles. The van der Waals surface area contributed by atoms with E-state index in [1.807, 2.05) is 12.1 Å². The van der Waals surface area contributed by atoms with E-state index in [1.165, 1.54) is 0 Å². The Morgan fingerprint density at radius 3 is 2.75 bits per heavy atom. The predicted octanol–water partition coefficient (Wildman–Crippen LogP) is 4.25. The second kappa shape index (κ2) is 6.69. The summed E-state index contributed by atoms with van der Waals surface area (Å²) < 4.78 is 5.62. The number of benzene rings is 2. The molecule has 2 aromatic rings. The third-order valence-electron chi connectivity index (χ3n) is 2.77. The van der Waals surface area contributed by atoms with E-state index in [9.17, 15) is 4.91 Å². The second-order valence-electron chi connectivity index (χ2n) is 4.08. The Hall–Kier alpha value is -2.38. The number of halogens is 1. The van der Waals surface area contributed by atoms with Gasteiger partial charge in [0.15, 0.2) is 0 Å². The summed E-state index contributed by atoms with van der Waals surface area (Å²) >= 11 is 5.87. The first-order chi connectivity index (χ1) is 9.74. The fraction of sp³-hybridized carbons (Fsp3) is 0.133. The molecule has 0 aliphatic carbocycles. The van der Waals surface area contributed by atoms with Crippen LogP contribution < -0.4 is 4.74 Å². The van der Waals surface area contributed by atoms with Gasteiger partial charge in [0.2, 0.25) is 6.04 Å². The van der Waals surface area contributed by atoms with E-state index in [4.69, 9.17) is 21.6 Å². The Morgan fingerprint density at radius 1 is 1.25 bits per heavy atom. The molecule has 0 aliphatic heterocycles. The van der Waals surface area contributed by atoms with Gasteiger partial charge in [-0.1, -0.05) is 41.9 Å². The number of ether oxygens (including phenoxy) is 1. The van der Waals surface area contributed by atoms with E-state index < -0.39 is 6.04 Å². The fourth-order valence-electron chi connectivity index (χ4n) is 1.80. The first kappa shape index (κ1) is 14.0. The summed E-state index contributed by atoms with van der Waals surface area (Å²) in [5.74, 6) is 0.625. The molecule has 0 amide bonds. The SMILES string of the molecule is N#CC(N=O)c1ccccc1COc1cccc(Cl)c1.